The molecule has 0 spiro atoms. The van der Waals surface area contributed by atoms with Crippen molar-refractivity contribution in [1.29, 1.82) is 0 Å². The molecule has 1 N–H and O–H groups in total. The van der Waals surface area contributed by atoms with Gasteiger partial charge in [-0.2, -0.15) is 5.10 Å². The Labute approximate surface area is 227 Å². The van der Waals surface area contributed by atoms with Gasteiger partial charge in [0, 0.05) is 17.0 Å². The molecule has 0 unspecified atom stereocenters. The molecule has 10 heteroatoms. The molecule has 0 fully saturated rings. The van der Waals surface area contributed by atoms with Gasteiger partial charge in [-0.25, -0.2) is 18.8 Å². The molecule has 0 saturated heterocycles. The van der Waals surface area contributed by atoms with E-state index in [1.165, 1.54) is 18.3 Å². The molecule has 1 amide bonds. The maximum absolute atomic E-state index is 13.6. The van der Waals surface area contributed by atoms with Gasteiger partial charge < -0.3 is 4.74 Å². The maximum atomic E-state index is 13.6. The van der Waals surface area contributed by atoms with Crippen LogP contribution in [0.3, 0.4) is 0 Å². The quantitative estimate of drug-likeness (QED) is 0.185. The monoisotopic (exact) mass is 550 g/mol. The number of hydrogen-bond donors (Lipinski definition) is 1. The van der Waals surface area contributed by atoms with E-state index >= 15 is 0 Å². The van der Waals surface area contributed by atoms with Crippen LogP contribution < -0.4 is 14.5 Å². The highest BCUT2D eigenvalue weighted by Crippen LogP contribution is 2.28. The van der Waals surface area contributed by atoms with Gasteiger partial charge in [-0.15, -0.1) is 0 Å². The van der Waals surface area contributed by atoms with Crippen molar-refractivity contribution in [1.82, 2.24) is 10.4 Å². The molecule has 3 aromatic carbocycles. The van der Waals surface area contributed by atoms with Crippen molar-refractivity contribution in [3.05, 3.63) is 94.1 Å². The highest BCUT2D eigenvalue weighted by Gasteiger charge is 2.28. The smallest absolute Gasteiger partial charge is 0.264 e. The van der Waals surface area contributed by atoms with E-state index in [-0.39, 0.29) is 10.0 Å². The number of hydrogen-bond acceptors (Lipinski definition) is 6. The lowest BCUT2D eigenvalue weighted by Gasteiger charge is -2.25. The predicted octanol–water partition coefficient (Wildman–Crippen LogP) is 5.17. The van der Waals surface area contributed by atoms with E-state index in [4.69, 9.17) is 16.3 Å². The topological polar surface area (TPSA) is 101 Å². The standard InChI is InChI=1S/C28H27ClN4O4S/c1-18-5-10-24(11-6-18)38(35,36)33(26-12-7-19(2)13-20(26)3)17-27(34)32-30-16-22-14-21-8-9-23(37-4)15-25(21)31-28(22)29/h5-16H,17H2,1-4H3,(H,32,34)/b30-16-. The highest BCUT2D eigenvalue weighted by atomic mass is 35.5. The van der Waals surface area contributed by atoms with Crippen LogP contribution in [0.1, 0.15) is 22.3 Å². The van der Waals surface area contributed by atoms with Crippen LogP contribution >= 0.6 is 11.6 Å². The van der Waals surface area contributed by atoms with E-state index < -0.39 is 22.5 Å². The van der Waals surface area contributed by atoms with Gasteiger partial charge in [-0.3, -0.25) is 9.10 Å². The molecule has 0 aliphatic carbocycles. The summed E-state index contributed by atoms with van der Waals surface area (Å²) in [5, 5.41) is 5.01. The summed E-state index contributed by atoms with van der Waals surface area (Å²) in [6.45, 7) is 5.12. The van der Waals surface area contributed by atoms with Crippen molar-refractivity contribution >= 4 is 50.3 Å². The lowest BCUT2D eigenvalue weighted by molar-refractivity contribution is -0.119. The average molecular weight is 551 g/mol. The van der Waals surface area contributed by atoms with Crippen LogP contribution in [0.15, 0.2) is 76.7 Å². The molecule has 0 aliphatic heterocycles. The fourth-order valence-corrected chi connectivity index (χ4v) is 5.60. The molecule has 0 saturated carbocycles. The molecular formula is C28H27ClN4O4S. The molecular weight excluding hydrogens is 524 g/mol. The van der Waals surface area contributed by atoms with Crippen LogP contribution in [0.25, 0.3) is 10.9 Å². The number of fused-ring (bicyclic) bond motifs is 1. The van der Waals surface area contributed by atoms with Crippen LogP contribution in [0, 0.1) is 20.8 Å². The molecule has 4 rings (SSSR count). The number of amides is 1. The van der Waals surface area contributed by atoms with Crippen LogP contribution in [0.2, 0.25) is 5.15 Å². The Kier molecular flexibility index (Phi) is 7.99. The van der Waals surface area contributed by atoms with Crippen LogP contribution in [0.4, 0.5) is 5.69 Å². The third kappa shape index (κ3) is 5.95. The minimum Gasteiger partial charge on any atom is -0.497 e. The first-order chi connectivity index (χ1) is 18.1. The Morgan fingerprint density at radius 2 is 1.74 bits per heavy atom. The van der Waals surface area contributed by atoms with Crippen molar-refractivity contribution in [2.75, 3.05) is 18.0 Å². The number of carbonyl (C=O) groups is 1. The van der Waals surface area contributed by atoms with Gasteiger partial charge in [-0.05, 0) is 62.7 Å². The first-order valence-corrected chi connectivity index (χ1v) is 13.5. The summed E-state index contributed by atoms with van der Waals surface area (Å²) in [6.07, 6.45) is 1.37. The molecule has 38 heavy (non-hydrogen) atoms. The largest absolute Gasteiger partial charge is 0.497 e. The summed E-state index contributed by atoms with van der Waals surface area (Å²) in [6, 6.07) is 19.1. The number of nitrogens with one attached hydrogen (secondary N) is 1. The van der Waals surface area contributed by atoms with E-state index in [0.717, 1.165) is 26.4 Å². The Hall–Kier alpha value is -3.95. The molecule has 8 nitrogen and oxygen atoms in total. The van der Waals surface area contributed by atoms with Crippen molar-refractivity contribution in [3.63, 3.8) is 0 Å². The predicted molar refractivity (Wildman–Crippen MR) is 151 cm³/mol. The second-order valence-electron chi connectivity index (χ2n) is 8.83. The zero-order valence-electron chi connectivity index (χ0n) is 21.4. The number of anilines is 1. The first-order valence-electron chi connectivity index (χ1n) is 11.7. The zero-order valence-corrected chi connectivity index (χ0v) is 23.0. The zero-order chi connectivity index (χ0) is 27.4. The number of aryl methyl sites for hydroxylation is 3. The van der Waals surface area contributed by atoms with Crippen LogP contribution in [-0.2, 0) is 14.8 Å². The third-order valence-electron chi connectivity index (χ3n) is 5.92. The summed E-state index contributed by atoms with van der Waals surface area (Å²) in [7, 11) is -2.47. The fourth-order valence-electron chi connectivity index (χ4n) is 3.92. The van der Waals surface area contributed by atoms with Crippen LogP contribution in [-0.4, -0.2) is 39.2 Å². The summed E-state index contributed by atoms with van der Waals surface area (Å²) in [5.74, 6) is 0.0372. The van der Waals surface area contributed by atoms with Gasteiger partial charge in [0.25, 0.3) is 15.9 Å². The Morgan fingerprint density at radius 1 is 1.03 bits per heavy atom. The molecule has 0 bridgehead atoms. The normalized spacial score (nSPS) is 11.6. The fraction of sp³-hybridized carbons (Fsp3) is 0.179. The maximum Gasteiger partial charge on any atom is 0.264 e. The van der Waals surface area contributed by atoms with Crippen LogP contribution in [0.5, 0.6) is 5.75 Å². The number of benzene rings is 3. The first kappa shape index (κ1) is 27.1. The van der Waals surface area contributed by atoms with Gasteiger partial charge >= 0.3 is 0 Å². The van der Waals surface area contributed by atoms with Gasteiger partial charge in [-0.1, -0.05) is 47.0 Å². The van der Waals surface area contributed by atoms with E-state index in [2.05, 4.69) is 15.5 Å². The third-order valence-corrected chi connectivity index (χ3v) is 7.99. The van der Waals surface area contributed by atoms with Gasteiger partial charge in [0.05, 0.1) is 29.4 Å². The molecule has 0 radical (unpaired) electrons. The Balaban J connectivity index is 1.58. The van der Waals surface area contributed by atoms with Gasteiger partial charge in [0.2, 0.25) is 0 Å². The number of ether oxygens (including phenoxy) is 1. The molecule has 1 heterocycles. The van der Waals surface area contributed by atoms with Crippen molar-refractivity contribution < 1.29 is 17.9 Å². The van der Waals surface area contributed by atoms with E-state index in [0.29, 0.717) is 22.5 Å². The minimum absolute atomic E-state index is 0.0880. The highest BCUT2D eigenvalue weighted by molar-refractivity contribution is 7.92. The van der Waals surface area contributed by atoms with Crippen molar-refractivity contribution in [2.45, 2.75) is 25.7 Å². The molecule has 4 aromatic rings. The summed E-state index contributed by atoms with van der Waals surface area (Å²) in [4.78, 5) is 17.3. The molecule has 1 aromatic heterocycles. The molecule has 0 atom stereocenters. The average Bonchev–Trinajstić information content (AvgIpc) is 2.88. The SMILES string of the molecule is COc1ccc2cc(/C=N\NC(=O)CN(c3ccc(C)cc3C)S(=O)(=O)c3ccc(C)cc3)c(Cl)nc2c1. The summed E-state index contributed by atoms with van der Waals surface area (Å²) >= 11 is 6.30. The molecule has 196 valence electrons. The van der Waals surface area contributed by atoms with Crippen molar-refractivity contribution in [2.24, 2.45) is 5.10 Å². The number of carbonyl (C=O) groups excluding carboxylic acids is 1. The van der Waals surface area contributed by atoms with Gasteiger partial charge in [0.15, 0.2) is 0 Å². The minimum atomic E-state index is -4.04. The number of hydrazone groups is 1. The summed E-state index contributed by atoms with van der Waals surface area (Å²) < 4.78 is 33.5. The van der Waals surface area contributed by atoms with E-state index in [1.54, 1.807) is 56.5 Å². The summed E-state index contributed by atoms with van der Waals surface area (Å²) in [5.41, 5.74) is 6.59. The number of aromatic nitrogens is 1. The lowest BCUT2D eigenvalue weighted by atomic mass is 10.1. The van der Waals surface area contributed by atoms with E-state index in [1.807, 2.05) is 26.0 Å². The number of pyridine rings is 1. The number of methoxy groups -OCH3 is 1. The number of nitrogens with zero attached hydrogens (tertiary/aromatic N) is 3. The lowest BCUT2D eigenvalue weighted by Crippen LogP contribution is -2.40. The van der Waals surface area contributed by atoms with Crippen molar-refractivity contribution in [3.8, 4) is 5.75 Å². The van der Waals surface area contributed by atoms with Gasteiger partial charge in [0.1, 0.15) is 17.4 Å². The Bertz CT molecular complexity index is 1640. The second kappa shape index (κ2) is 11.2. The second-order valence-corrected chi connectivity index (χ2v) is 11.1. The number of rotatable bonds is 8. The Morgan fingerprint density at radius 3 is 2.42 bits per heavy atom. The molecule has 0 aliphatic rings. The number of halogens is 1. The van der Waals surface area contributed by atoms with E-state index in [9.17, 15) is 13.2 Å². The number of sulfonamides is 1.